The maximum Gasteiger partial charge on any atom is 0.256 e. The molecule has 0 bridgehead atoms. The normalized spacial score (nSPS) is 20.6. The van der Waals surface area contributed by atoms with Gasteiger partial charge in [-0.25, -0.2) is 12.7 Å². The van der Waals surface area contributed by atoms with Crippen molar-refractivity contribution >= 4 is 15.9 Å². The molecule has 0 atom stereocenters. The van der Waals surface area contributed by atoms with Gasteiger partial charge in [0.2, 0.25) is 10.0 Å². The minimum absolute atomic E-state index is 0.117. The number of pyridine rings is 1. The second-order valence-electron chi connectivity index (χ2n) is 6.16. The molecule has 7 nitrogen and oxygen atoms in total. The number of aromatic nitrogens is 1. The van der Waals surface area contributed by atoms with Crippen LogP contribution in [0.2, 0.25) is 0 Å². The summed E-state index contributed by atoms with van der Waals surface area (Å²) in [6, 6.07) is 1.87. The second kappa shape index (κ2) is 6.09. The molecule has 2 fully saturated rings. The highest BCUT2D eigenvalue weighted by Crippen LogP contribution is 2.35. The molecule has 1 N–H and O–H groups in total. The number of carbonyl (C=O) groups excluding carboxylic acids is 1. The van der Waals surface area contributed by atoms with Gasteiger partial charge in [-0.15, -0.1) is 0 Å². The van der Waals surface area contributed by atoms with E-state index in [4.69, 9.17) is 0 Å². The predicted molar refractivity (Wildman–Crippen MR) is 86.0 cm³/mol. The van der Waals surface area contributed by atoms with Crippen LogP contribution in [0, 0.1) is 6.92 Å². The SMILES string of the molecule is Cc1cc(=O)c(C(=O)NCCN2CCCS2(=O)=O)cn1C1CC1. The summed E-state index contributed by atoms with van der Waals surface area (Å²) in [4.78, 5) is 24.2. The van der Waals surface area contributed by atoms with Gasteiger partial charge in [0.1, 0.15) is 5.56 Å². The van der Waals surface area contributed by atoms with Crippen LogP contribution in [-0.4, -0.2) is 48.6 Å². The summed E-state index contributed by atoms with van der Waals surface area (Å²) in [5, 5.41) is 2.65. The Morgan fingerprint density at radius 1 is 1.39 bits per heavy atom. The summed E-state index contributed by atoms with van der Waals surface area (Å²) in [6.45, 7) is 2.81. The van der Waals surface area contributed by atoms with E-state index in [9.17, 15) is 18.0 Å². The zero-order valence-corrected chi connectivity index (χ0v) is 13.9. The molecule has 8 heteroatoms. The number of carbonyl (C=O) groups is 1. The van der Waals surface area contributed by atoms with Crippen molar-refractivity contribution in [3.05, 3.63) is 33.7 Å². The number of hydrogen-bond donors (Lipinski definition) is 1. The molecular formula is C15H21N3O4S. The lowest BCUT2D eigenvalue weighted by Crippen LogP contribution is -2.37. The molecule has 2 heterocycles. The van der Waals surface area contributed by atoms with Crippen LogP contribution < -0.4 is 10.7 Å². The predicted octanol–water partition coefficient (Wildman–Crippen LogP) is 0.257. The van der Waals surface area contributed by atoms with Crippen LogP contribution in [0.15, 0.2) is 17.1 Å². The highest BCUT2D eigenvalue weighted by molar-refractivity contribution is 7.89. The Labute approximate surface area is 135 Å². The number of amides is 1. The Hall–Kier alpha value is -1.67. The van der Waals surface area contributed by atoms with Gasteiger partial charge in [0.05, 0.1) is 5.75 Å². The molecule has 3 rings (SSSR count). The lowest BCUT2D eigenvalue weighted by Gasteiger charge is -2.15. The van der Waals surface area contributed by atoms with E-state index >= 15 is 0 Å². The third-order valence-electron chi connectivity index (χ3n) is 4.32. The third kappa shape index (κ3) is 3.48. The quantitative estimate of drug-likeness (QED) is 0.833. The molecule has 1 saturated carbocycles. The highest BCUT2D eigenvalue weighted by atomic mass is 32.2. The maximum absolute atomic E-state index is 12.2. The van der Waals surface area contributed by atoms with Crippen molar-refractivity contribution in [1.82, 2.24) is 14.2 Å². The van der Waals surface area contributed by atoms with Gasteiger partial charge in [-0.2, -0.15) is 0 Å². The second-order valence-corrected chi connectivity index (χ2v) is 8.24. The molecule has 23 heavy (non-hydrogen) atoms. The number of hydrogen-bond acceptors (Lipinski definition) is 4. The molecule has 0 aromatic carbocycles. The van der Waals surface area contributed by atoms with Crippen molar-refractivity contribution in [2.24, 2.45) is 0 Å². The lowest BCUT2D eigenvalue weighted by atomic mass is 10.2. The average Bonchev–Trinajstić information content (AvgIpc) is 3.24. The molecule has 0 spiro atoms. The van der Waals surface area contributed by atoms with E-state index in [2.05, 4.69) is 5.32 Å². The van der Waals surface area contributed by atoms with E-state index < -0.39 is 15.9 Å². The van der Waals surface area contributed by atoms with Crippen LogP contribution in [0.3, 0.4) is 0 Å². The number of sulfonamides is 1. The van der Waals surface area contributed by atoms with E-state index in [0.717, 1.165) is 18.5 Å². The van der Waals surface area contributed by atoms with Crippen LogP contribution in [0.5, 0.6) is 0 Å². The number of nitrogens with one attached hydrogen (secondary N) is 1. The van der Waals surface area contributed by atoms with Gasteiger partial charge in [-0.05, 0) is 26.2 Å². The van der Waals surface area contributed by atoms with E-state index in [0.29, 0.717) is 19.0 Å². The van der Waals surface area contributed by atoms with Gasteiger partial charge in [-0.3, -0.25) is 9.59 Å². The van der Waals surface area contributed by atoms with Gasteiger partial charge >= 0.3 is 0 Å². The van der Waals surface area contributed by atoms with Crippen molar-refractivity contribution in [3.8, 4) is 0 Å². The highest BCUT2D eigenvalue weighted by Gasteiger charge is 2.28. The van der Waals surface area contributed by atoms with Crippen LogP contribution in [0.25, 0.3) is 0 Å². The first-order valence-electron chi connectivity index (χ1n) is 7.87. The van der Waals surface area contributed by atoms with Gasteiger partial charge < -0.3 is 9.88 Å². The number of nitrogens with zero attached hydrogens (tertiary/aromatic N) is 2. The lowest BCUT2D eigenvalue weighted by molar-refractivity contribution is 0.0950. The summed E-state index contributed by atoms with van der Waals surface area (Å²) in [5.41, 5.74) is 0.676. The molecule has 0 unspecified atom stereocenters. The Morgan fingerprint density at radius 3 is 2.74 bits per heavy atom. The van der Waals surface area contributed by atoms with Crippen molar-refractivity contribution in [3.63, 3.8) is 0 Å². The molecule has 1 saturated heterocycles. The van der Waals surface area contributed by atoms with Gasteiger partial charge in [0.15, 0.2) is 5.43 Å². The maximum atomic E-state index is 12.2. The largest absolute Gasteiger partial charge is 0.351 e. The Bertz CT molecular complexity index is 780. The van der Waals surface area contributed by atoms with Crippen molar-refractivity contribution in [2.45, 2.75) is 32.2 Å². The molecule has 126 valence electrons. The molecule has 1 aromatic rings. The molecular weight excluding hydrogens is 318 g/mol. The first kappa shape index (κ1) is 16.2. The van der Waals surface area contributed by atoms with E-state index in [1.165, 1.54) is 10.4 Å². The van der Waals surface area contributed by atoms with Crippen LogP contribution >= 0.6 is 0 Å². The van der Waals surface area contributed by atoms with Crippen molar-refractivity contribution < 1.29 is 13.2 Å². The Balaban J connectivity index is 1.64. The minimum Gasteiger partial charge on any atom is -0.351 e. The molecule has 1 aliphatic heterocycles. The zero-order valence-electron chi connectivity index (χ0n) is 13.1. The fraction of sp³-hybridized carbons (Fsp3) is 0.600. The number of aryl methyl sites for hydroxylation is 1. The standard InChI is InChI=1S/C15H21N3O4S/c1-11-9-14(19)13(10-18(11)12-3-4-12)15(20)16-5-7-17-6-2-8-23(17,21)22/h9-10,12H,2-8H2,1H3,(H,16,20). The fourth-order valence-electron chi connectivity index (χ4n) is 2.89. The van der Waals surface area contributed by atoms with Crippen LogP contribution in [-0.2, 0) is 10.0 Å². The summed E-state index contributed by atoms with van der Waals surface area (Å²) >= 11 is 0. The number of rotatable bonds is 5. The molecule has 1 aromatic heterocycles. The molecule has 1 aliphatic carbocycles. The van der Waals surface area contributed by atoms with Crippen LogP contribution in [0.1, 0.15) is 41.4 Å². The van der Waals surface area contributed by atoms with Gasteiger partial charge in [0.25, 0.3) is 5.91 Å². The van der Waals surface area contributed by atoms with E-state index in [1.54, 1.807) is 6.20 Å². The topological polar surface area (TPSA) is 88.5 Å². The first-order valence-corrected chi connectivity index (χ1v) is 9.48. The summed E-state index contributed by atoms with van der Waals surface area (Å²) < 4.78 is 26.7. The third-order valence-corrected chi connectivity index (χ3v) is 6.27. The van der Waals surface area contributed by atoms with Gasteiger partial charge in [-0.1, -0.05) is 0 Å². The summed E-state index contributed by atoms with van der Waals surface area (Å²) in [7, 11) is -3.16. The molecule has 1 amide bonds. The smallest absolute Gasteiger partial charge is 0.256 e. The van der Waals surface area contributed by atoms with E-state index in [1.807, 2.05) is 11.5 Å². The minimum atomic E-state index is -3.16. The fourth-order valence-corrected chi connectivity index (χ4v) is 4.42. The first-order chi connectivity index (χ1) is 10.9. The average molecular weight is 339 g/mol. The molecule has 2 aliphatic rings. The Morgan fingerprint density at radius 2 is 2.13 bits per heavy atom. The van der Waals surface area contributed by atoms with E-state index in [-0.39, 0.29) is 29.8 Å². The zero-order chi connectivity index (χ0) is 16.6. The molecule has 0 radical (unpaired) electrons. The van der Waals surface area contributed by atoms with Crippen molar-refractivity contribution in [1.29, 1.82) is 0 Å². The van der Waals surface area contributed by atoms with Gasteiger partial charge in [0, 0.05) is 43.6 Å². The summed E-state index contributed by atoms with van der Waals surface area (Å²) in [6.07, 6.45) is 4.38. The summed E-state index contributed by atoms with van der Waals surface area (Å²) in [5.74, 6) is -0.272. The monoisotopic (exact) mass is 339 g/mol. The van der Waals surface area contributed by atoms with Crippen LogP contribution in [0.4, 0.5) is 0 Å². The Kier molecular flexibility index (Phi) is 4.29. The van der Waals surface area contributed by atoms with Crippen molar-refractivity contribution in [2.75, 3.05) is 25.4 Å².